The highest BCUT2D eigenvalue weighted by molar-refractivity contribution is 7.89. The highest BCUT2D eigenvalue weighted by atomic mass is 32.2. The zero-order valence-electron chi connectivity index (χ0n) is 15.5. The third-order valence-electron chi connectivity index (χ3n) is 3.31. The normalized spacial score (nSPS) is 14.0. The summed E-state index contributed by atoms with van der Waals surface area (Å²) < 4.78 is 32.1. The predicted molar refractivity (Wildman–Crippen MR) is 94.4 cm³/mol. The first-order valence-electron chi connectivity index (χ1n) is 8.35. The molecule has 0 aromatic carbocycles. The highest BCUT2D eigenvalue weighted by Crippen LogP contribution is 2.17. The van der Waals surface area contributed by atoms with Gasteiger partial charge in [-0.15, -0.1) is 0 Å². The Hall–Kier alpha value is -1.34. The molecule has 0 saturated carbocycles. The van der Waals surface area contributed by atoms with Crippen molar-refractivity contribution in [3.05, 3.63) is 17.9 Å². The molecule has 0 radical (unpaired) electrons. The quantitative estimate of drug-likeness (QED) is 0.746. The Bertz CT molecular complexity index is 642. The first kappa shape index (κ1) is 20.7. The Balaban J connectivity index is 2.66. The summed E-state index contributed by atoms with van der Waals surface area (Å²) in [7, 11) is -3.78. The van der Waals surface area contributed by atoms with Crippen molar-refractivity contribution in [1.29, 1.82) is 0 Å². The van der Waals surface area contributed by atoms with Gasteiger partial charge < -0.3 is 9.73 Å². The lowest BCUT2D eigenvalue weighted by Gasteiger charge is -2.19. The average molecular weight is 359 g/mol. The molecule has 1 amide bonds. The van der Waals surface area contributed by atoms with Crippen LogP contribution in [0.25, 0.3) is 0 Å². The van der Waals surface area contributed by atoms with Crippen molar-refractivity contribution in [2.75, 3.05) is 0 Å². The van der Waals surface area contributed by atoms with Gasteiger partial charge in [-0.2, -0.15) is 0 Å². The minimum Gasteiger partial charge on any atom is -0.438 e. The van der Waals surface area contributed by atoms with Crippen LogP contribution in [0.1, 0.15) is 71.4 Å². The molecule has 6 nitrogen and oxygen atoms in total. The summed E-state index contributed by atoms with van der Waals surface area (Å²) in [6, 6.07) is 2.69. The molecule has 24 heavy (non-hydrogen) atoms. The number of nitrogens with one attached hydrogen (secondary N) is 2. The topological polar surface area (TPSA) is 88.4 Å². The summed E-state index contributed by atoms with van der Waals surface area (Å²) in [6.07, 6.45) is 3.02. The van der Waals surface area contributed by atoms with E-state index in [0.29, 0.717) is 5.92 Å². The van der Waals surface area contributed by atoms with Crippen molar-refractivity contribution in [1.82, 2.24) is 10.0 Å². The molecule has 7 heteroatoms. The lowest BCUT2D eigenvalue weighted by atomic mass is 10.0. The molecule has 0 bridgehead atoms. The number of rotatable bonds is 8. The number of hydrogen-bond donors (Lipinski definition) is 2. The third kappa shape index (κ3) is 7.05. The molecule has 0 spiro atoms. The minimum atomic E-state index is -3.78. The first-order chi connectivity index (χ1) is 10.9. The van der Waals surface area contributed by atoms with Crippen molar-refractivity contribution in [2.24, 2.45) is 5.92 Å². The largest absolute Gasteiger partial charge is 0.438 e. The van der Waals surface area contributed by atoms with Gasteiger partial charge in [0.2, 0.25) is 5.09 Å². The van der Waals surface area contributed by atoms with Gasteiger partial charge in [-0.1, -0.05) is 26.7 Å². The summed E-state index contributed by atoms with van der Waals surface area (Å²) in [5, 5.41) is 2.58. The molecule has 0 fully saturated rings. The van der Waals surface area contributed by atoms with Crippen LogP contribution in [-0.2, 0) is 10.0 Å². The van der Waals surface area contributed by atoms with E-state index in [0.717, 1.165) is 19.3 Å². The van der Waals surface area contributed by atoms with Crippen LogP contribution in [0.15, 0.2) is 21.6 Å². The van der Waals surface area contributed by atoms with Crippen LogP contribution in [0.4, 0.5) is 0 Å². The Morgan fingerprint density at radius 3 is 2.33 bits per heavy atom. The second-order valence-corrected chi connectivity index (χ2v) is 9.29. The molecule has 2 N–H and O–H groups in total. The fraction of sp³-hybridized carbons (Fsp3) is 0.706. The molecule has 1 rings (SSSR count). The Morgan fingerprint density at radius 2 is 1.79 bits per heavy atom. The summed E-state index contributed by atoms with van der Waals surface area (Å²) in [5.74, 6) is 0.241. The maximum absolute atomic E-state index is 12.2. The zero-order chi connectivity index (χ0) is 18.5. The second-order valence-electron chi connectivity index (χ2n) is 7.67. The Kier molecular flexibility index (Phi) is 7.04. The molecule has 0 unspecified atom stereocenters. The van der Waals surface area contributed by atoms with Crippen molar-refractivity contribution in [3.8, 4) is 0 Å². The van der Waals surface area contributed by atoms with Gasteiger partial charge in [0.25, 0.3) is 15.9 Å². The van der Waals surface area contributed by atoms with E-state index in [-0.39, 0.29) is 16.9 Å². The summed E-state index contributed by atoms with van der Waals surface area (Å²) in [6.45, 7) is 11.5. The molecule has 0 aliphatic rings. The fourth-order valence-electron chi connectivity index (χ4n) is 2.24. The number of carbonyl (C=O) groups excluding carboxylic acids is 1. The van der Waals surface area contributed by atoms with Crippen LogP contribution in [0.5, 0.6) is 0 Å². The van der Waals surface area contributed by atoms with Crippen LogP contribution < -0.4 is 10.0 Å². The number of sulfonamides is 1. The molecule has 0 aliphatic carbocycles. The molecule has 1 heterocycles. The molecule has 1 aromatic rings. The van der Waals surface area contributed by atoms with Crippen molar-refractivity contribution in [2.45, 2.75) is 77.5 Å². The summed E-state index contributed by atoms with van der Waals surface area (Å²) in [4.78, 5) is 12.2. The summed E-state index contributed by atoms with van der Waals surface area (Å²) in [5.41, 5.74) is -0.626. The first-order valence-corrected chi connectivity index (χ1v) is 9.84. The maximum atomic E-state index is 12.2. The van der Waals surface area contributed by atoms with Gasteiger partial charge in [-0.05, 0) is 52.2 Å². The van der Waals surface area contributed by atoms with Gasteiger partial charge in [0.15, 0.2) is 5.76 Å². The Morgan fingerprint density at radius 1 is 1.17 bits per heavy atom. The molecule has 1 aromatic heterocycles. The van der Waals surface area contributed by atoms with Crippen LogP contribution in [0.3, 0.4) is 0 Å². The average Bonchev–Trinajstić information content (AvgIpc) is 2.85. The van der Waals surface area contributed by atoms with E-state index in [1.165, 1.54) is 12.1 Å². The fourth-order valence-corrected chi connectivity index (χ4v) is 3.59. The number of furan rings is 1. The van der Waals surface area contributed by atoms with E-state index >= 15 is 0 Å². The molecule has 1 atom stereocenters. The molecule has 0 aliphatic heterocycles. The van der Waals surface area contributed by atoms with E-state index in [1.54, 1.807) is 20.8 Å². The van der Waals surface area contributed by atoms with Gasteiger partial charge in [0, 0.05) is 11.6 Å². The molecular formula is C17H30N2O4S. The third-order valence-corrected chi connectivity index (χ3v) is 4.94. The standard InChI is InChI=1S/C17H30N2O4S/c1-12(2)8-7-9-13(3)18-16(20)14-10-11-15(23-14)24(21,22)19-17(4,5)6/h10-13,19H,7-9H2,1-6H3,(H,18,20)/t13-/m1/s1. The van der Waals surface area contributed by atoms with Crippen molar-refractivity contribution in [3.63, 3.8) is 0 Å². The highest BCUT2D eigenvalue weighted by Gasteiger charge is 2.26. The smallest absolute Gasteiger partial charge is 0.287 e. The van der Waals surface area contributed by atoms with Crippen molar-refractivity contribution >= 4 is 15.9 Å². The van der Waals surface area contributed by atoms with Crippen molar-refractivity contribution < 1.29 is 17.6 Å². The molecule has 138 valence electrons. The number of hydrogen-bond acceptors (Lipinski definition) is 4. The van der Waals surface area contributed by atoms with Crippen LogP contribution in [0, 0.1) is 5.92 Å². The van der Waals surface area contributed by atoms with E-state index in [2.05, 4.69) is 23.9 Å². The van der Waals surface area contributed by atoms with Crippen LogP contribution in [0.2, 0.25) is 0 Å². The maximum Gasteiger partial charge on any atom is 0.287 e. The lowest BCUT2D eigenvalue weighted by Crippen LogP contribution is -2.40. The SMILES string of the molecule is CC(C)CCC[C@@H](C)NC(=O)c1ccc(S(=O)(=O)NC(C)(C)C)o1. The summed E-state index contributed by atoms with van der Waals surface area (Å²) >= 11 is 0. The predicted octanol–water partition coefficient (Wildman–Crippen LogP) is 3.30. The van der Waals surface area contributed by atoms with Crippen LogP contribution in [-0.4, -0.2) is 25.9 Å². The second kappa shape index (κ2) is 8.16. The van der Waals surface area contributed by atoms with E-state index < -0.39 is 21.5 Å². The number of amides is 1. The van der Waals surface area contributed by atoms with Gasteiger partial charge in [0.05, 0.1) is 0 Å². The van der Waals surface area contributed by atoms with Gasteiger partial charge in [0.1, 0.15) is 0 Å². The van der Waals surface area contributed by atoms with E-state index in [1.807, 2.05) is 6.92 Å². The minimum absolute atomic E-state index is 0.00000577. The number of carbonyl (C=O) groups is 1. The Labute approximate surface area is 145 Å². The van der Waals surface area contributed by atoms with E-state index in [4.69, 9.17) is 4.42 Å². The van der Waals surface area contributed by atoms with Crippen LogP contribution >= 0.6 is 0 Å². The van der Waals surface area contributed by atoms with Gasteiger partial charge in [-0.3, -0.25) is 4.79 Å². The van der Waals surface area contributed by atoms with Gasteiger partial charge in [-0.25, -0.2) is 13.1 Å². The lowest BCUT2D eigenvalue weighted by molar-refractivity contribution is 0.0904. The van der Waals surface area contributed by atoms with Gasteiger partial charge >= 0.3 is 0 Å². The zero-order valence-corrected chi connectivity index (χ0v) is 16.3. The van der Waals surface area contributed by atoms with E-state index in [9.17, 15) is 13.2 Å². The monoisotopic (exact) mass is 358 g/mol. The molecular weight excluding hydrogens is 328 g/mol. The molecule has 0 saturated heterocycles.